The van der Waals surface area contributed by atoms with Crippen molar-refractivity contribution in [3.8, 4) is 0 Å². The van der Waals surface area contributed by atoms with Crippen LogP contribution in [0.3, 0.4) is 0 Å². The summed E-state index contributed by atoms with van der Waals surface area (Å²) in [6.45, 7) is 5.04. The fourth-order valence-corrected chi connectivity index (χ4v) is 3.89. The summed E-state index contributed by atoms with van der Waals surface area (Å²) >= 11 is 0. The van der Waals surface area contributed by atoms with Gasteiger partial charge in [0.1, 0.15) is 12.3 Å². The highest BCUT2D eigenvalue weighted by Crippen LogP contribution is 2.23. The molecule has 1 aliphatic heterocycles. The predicted molar refractivity (Wildman–Crippen MR) is 122 cm³/mol. The third-order valence-electron chi connectivity index (χ3n) is 5.51. The molecule has 0 spiro atoms. The van der Waals surface area contributed by atoms with Crippen molar-refractivity contribution in [1.29, 1.82) is 0 Å². The summed E-state index contributed by atoms with van der Waals surface area (Å²) in [5, 5.41) is 8.79. The van der Waals surface area contributed by atoms with Crippen LogP contribution in [-0.4, -0.2) is 65.3 Å². The number of hydroxylamine groups is 1. The minimum atomic E-state index is -1.30. The summed E-state index contributed by atoms with van der Waals surface area (Å²) in [7, 11) is 0. The van der Waals surface area contributed by atoms with E-state index in [0.29, 0.717) is 44.0 Å². The third-order valence-corrected chi connectivity index (χ3v) is 5.51. The van der Waals surface area contributed by atoms with Crippen LogP contribution in [0, 0.1) is 0 Å². The first-order valence-electron chi connectivity index (χ1n) is 10.9. The largest absolute Gasteiger partial charge is 0.324 e. The standard InChI is InChI=1S/C24H30F2N4O3/c1-24(2,26)17-28-10-12-29(13-11-28)23(32)30(21-5-3-4-19(14-21)15-25)16-18-6-8-20(9-7-18)22(31)27-33/h3-9,14,33H,10-13,15-17H2,1-2H3,(H,27,31). The third kappa shape index (κ3) is 6.72. The van der Waals surface area contributed by atoms with Crippen LogP contribution >= 0.6 is 0 Å². The number of urea groups is 1. The Morgan fingerprint density at radius 2 is 1.73 bits per heavy atom. The van der Waals surface area contributed by atoms with Gasteiger partial charge < -0.3 is 4.90 Å². The molecule has 2 N–H and O–H groups in total. The number of hydrogen-bond acceptors (Lipinski definition) is 4. The zero-order chi connectivity index (χ0) is 24.0. The van der Waals surface area contributed by atoms with E-state index in [2.05, 4.69) is 0 Å². The van der Waals surface area contributed by atoms with Crippen molar-refractivity contribution in [3.05, 3.63) is 65.2 Å². The van der Waals surface area contributed by atoms with Crippen molar-refractivity contribution in [2.75, 3.05) is 37.6 Å². The average molecular weight is 461 g/mol. The molecular formula is C24H30F2N4O3. The number of nitrogens with one attached hydrogen (secondary N) is 1. The van der Waals surface area contributed by atoms with Crippen LogP contribution in [0.15, 0.2) is 48.5 Å². The zero-order valence-corrected chi connectivity index (χ0v) is 18.9. The summed E-state index contributed by atoms with van der Waals surface area (Å²) in [5.41, 5.74) is 2.37. The second-order valence-electron chi connectivity index (χ2n) is 8.79. The van der Waals surface area contributed by atoms with Gasteiger partial charge in [-0.15, -0.1) is 0 Å². The summed E-state index contributed by atoms with van der Waals surface area (Å²) in [6, 6.07) is 13.1. The quantitative estimate of drug-likeness (QED) is 0.487. The lowest BCUT2D eigenvalue weighted by Gasteiger charge is -2.39. The molecule has 0 bridgehead atoms. The molecular weight excluding hydrogens is 430 g/mol. The number of hydrogen-bond donors (Lipinski definition) is 2. The van der Waals surface area contributed by atoms with Gasteiger partial charge in [0.25, 0.3) is 5.91 Å². The number of amides is 3. The van der Waals surface area contributed by atoms with Gasteiger partial charge >= 0.3 is 6.03 Å². The number of rotatable bonds is 7. The number of carbonyl (C=O) groups excluding carboxylic acids is 2. The van der Waals surface area contributed by atoms with Crippen molar-refractivity contribution >= 4 is 17.6 Å². The molecule has 33 heavy (non-hydrogen) atoms. The maximum Gasteiger partial charge on any atom is 0.324 e. The molecule has 0 unspecified atom stereocenters. The van der Waals surface area contributed by atoms with E-state index in [9.17, 15) is 18.4 Å². The van der Waals surface area contributed by atoms with Gasteiger partial charge in [0.05, 0.1) is 6.54 Å². The number of carbonyl (C=O) groups is 2. The molecule has 0 aromatic heterocycles. The van der Waals surface area contributed by atoms with E-state index in [1.807, 2.05) is 4.90 Å². The maximum absolute atomic E-state index is 14.0. The minimum Gasteiger partial charge on any atom is -0.322 e. The first-order valence-corrected chi connectivity index (χ1v) is 10.9. The predicted octanol–water partition coefficient (Wildman–Crippen LogP) is 3.77. The van der Waals surface area contributed by atoms with Crippen molar-refractivity contribution in [1.82, 2.24) is 15.3 Å². The molecule has 1 saturated heterocycles. The van der Waals surface area contributed by atoms with Crippen molar-refractivity contribution in [2.24, 2.45) is 0 Å². The van der Waals surface area contributed by atoms with Crippen molar-refractivity contribution in [2.45, 2.75) is 32.7 Å². The van der Waals surface area contributed by atoms with Gasteiger partial charge in [-0.05, 0) is 49.2 Å². The van der Waals surface area contributed by atoms with Crippen LogP contribution in [0.4, 0.5) is 19.3 Å². The van der Waals surface area contributed by atoms with Gasteiger partial charge in [0, 0.05) is 44.0 Å². The van der Waals surface area contributed by atoms with Crippen LogP contribution in [0.2, 0.25) is 0 Å². The minimum absolute atomic E-state index is 0.216. The van der Waals surface area contributed by atoms with Gasteiger partial charge in [-0.3, -0.25) is 19.8 Å². The molecule has 1 fully saturated rings. The molecule has 3 amide bonds. The highest BCUT2D eigenvalue weighted by atomic mass is 19.1. The highest BCUT2D eigenvalue weighted by Gasteiger charge is 2.29. The van der Waals surface area contributed by atoms with Crippen LogP contribution in [-0.2, 0) is 13.2 Å². The number of piperazine rings is 1. The monoisotopic (exact) mass is 460 g/mol. The van der Waals surface area contributed by atoms with E-state index in [-0.39, 0.29) is 18.1 Å². The lowest BCUT2D eigenvalue weighted by molar-refractivity contribution is 0.0706. The molecule has 7 nitrogen and oxygen atoms in total. The van der Waals surface area contributed by atoms with E-state index in [4.69, 9.17) is 5.21 Å². The lowest BCUT2D eigenvalue weighted by Crippen LogP contribution is -2.54. The zero-order valence-electron chi connectivity index (χ0n) is 18.9. The van der Waals surface area contributed by atoms with Crippen LogP contribution in [0.25, 0.3) is 0 Å². The molecule has 3 rings (SSSR count). The molecule has 1 heterocycles. The smallest absolute Gasteiger partial charge is 0.322 e. The molecule has 2 aromatic carbocycles. The fourth-order valence-electron chi connectivity index (χ4n) is 3.89. The van der Waals surface area contributed by atoms with E-state index in [0.717, 1.165) is 5.56 Å². The number of benzene rings is 2. The molecule has 0 aliphatic carbocycles. The Hall–Kier alpha value is -3.04. The molecule has 0 radical (unpaired) electrons. The second kappa shape index (κ2) is 10.7. The molecule has 178 valence electrons. The second-order valence-corrected chi connectivity index (χ2v) is 8.79. The first-order chi connectivity index (χ1) is 15.7. The number of nitrogens with zero attached hydrogens (tertiary/aromatic N) is 3. The summed E-state index contributed by atoms with van der Waals surface area (Å²) in [5.74, 6) is -0.626. The fraction of sp³-hybridized carbons (Fsp3) is 0.417. The Labute approximate surface area is 192 Å². The maximum atomic E-state index is 14.0. The Morgan fingerprint density at radius 3 is 2.30 bits per heavy atom. The van der Waals surface area contributed by atoms with Gasteiger partial charge in [0.2, 0.25) is 0 Å². The Bertz CT molecular complexity index is 955. The Balaban J connectivity index is 1.79. The number of halogens is 2. The van der Waals surface area contributed by atoms with Gasteiger partial charge in [0.15, 0.2) is 0 Å². The van der Waals surface area contributed by atoms with E-state index < -0.39 is 18.3 Å². The van der Waals surface area contributed by atoms with Crippen LogP contribution in [0.1, 0.15) is 35.3 Å². The lowest BCUT2D eigenvalue weighted by atomic mass is 10.1. The highest BCUT2D eigenvalue weighted by molar-refractivity contribution is 5.94. The Morgan fingerprint density at radius 1 is 1.06 bits per heavy atom. The Kier molecular flexibility index (Phi) is 7.99. The summed E-state index contributed by atoms with van der Waals surface area (Å²) < 4.78 is 27.3. The number of alkyl halides is 2. The molecule has 9 heteroatoms. The van der Waals surface area contributed by atoms with E-state index in [1.54, 1.807) is 77.7 Å². The normalized spacial score (nSPS) is 14.8. The van der Waals surface area contributed by atoms with Crippen molar-refractivity contribution < 1.29 is 23.6 Å². The van der Waals surface area contributed by atoms with Gasteiger partial charge in [-0.1, -0.05) is 24.3 Å². The van der Waals surface area contributed by atoms with Crippen LogP contribution in [0.5, 0.6) is 0 Å². The molecule has 0 atom stereocenters. The van der Waals surface area contributed by atoms with E-state index >= 15 is 0 Å². The SMILES string of the molecule is CC(C)(F)CN1CCN(C(=O)N(Cc2ccc(C(=O)NO)cc2)c2cccc(CF)c2)CC1. The van der Waals surface area contributed by atoms with Crippen molar-refractivity contribution in [3.63, 3.8) is 0 Å². The first kappa shape index (κ1) is 24.6. The number of anilines is 1. The van der Waals surface area contributed by atoms with Crippen LogP contribution < -0.4 is 10.4 Å². The summed E-state index contributed by atoms with van der Waals surface area (Å²) in [4.78, 5) is 30.4. The summed E-state index contributed by atoms with van der Waals surface area (Å²) in [6.07, 6.45) is 0. The van der Waals surface area contributed by atoms with E-state index in [1.165, 1.54) is 0 Å². The molecule has 2 aromatic rings. The molecule has 0 saturated carbocycles. The average Bonchev–Trinajstić information content (AvgIpc) is 2.81. The topological polar surface area (TPSA) is 76.1 Å². The van der Waals surface area contributed by atoms with Gasteiger partial charge in [-0.25, -0.2) is 19.1 Å². The van der Waals surface area contributed by atoms with Gasteiger partial charge in [-0.2, -0.15) is 0 Å². The molecule has 1 aliphatic rings.